The number of benzene rings is 1. The Morgan fingerprint density at radius 2 is 2.23 bits per heavy atom. The molecule has 1 aromatic carbocycles. The van der Waals surface area contributed by atoms with Crippen LogP contribution < -0.4 is 5.32 Å². The Morgan fingerprint density at radius 1 is 1.41 bits per heavy atom. The monoisotopic (exact) mass is 349 g/mol. The minimum atomic E-state index is -0.183. The molecular weight excluding hydrogens is 338 g/mol. The number of aryl methyl sites for hydroxylation is 1. The van der Waals surface area contributed by atoms with Crippen LogP contribution in [0.3, 0.4) is 0 Å². The van der Waals surface area contributed by atoms with Gasteiger partial charge in [0, 0.05) is 16.7 Å². The Morgan fingerprint density at radius 3 is 2.86 bits per heavy atom. The molecule has 0 aliphatic carbocycles. The molecule has 2 heterocycles. The van der Waals surface area contributed by atoms with E-state index >= 15 is 0 Å². The van der Waals surface area contributed by atoms with E-state index in [9.17, 15) is 4.79 Å². The zero-order chi connectivity index (χ0) is 15.7. The van der Waals surface area contributed by atoms with Gasteiger partial charge in [0.05, 0.1) is 4.91 Å². The normalized spacial score (nSPS) is 16.4. The summed E-state index contributed by atoms with van der Waals surface area (Å²) in [5.74, 6) is 1.23. The van der Waals surface area contributed by atoms with Gasteiger partial charge in [-0.1, -0.05) is 54.6 Å². The maximum Gasteiger partial charge on any atom is 0.263 e. The van der Waals surface area contributed by atoms with Crippen LogP contribution in [0.2, 0.25) is 5.02 Å². The molecule has 1 aromatic heterocycles. The molecule has 1 saturated heterocycles. The van der Waals surface area contributed by atoms with Gasteiger partial charge in [-0.25, -0.2) is 0 Å². The predicted molar refractivity (Wildman–Crippen MR) is 94.8 cm³/mol. The van der Waals surface area contributed by atoms with Gasteiger partial charge in [-0.2, -0.15) is 0 Å². The second kappa shape index (κ2) is 6.28. The van der Waals surface area contributed by atoms with E-state index in [4.69, 9.17) is 28.2 Å². The molecule has 0 unspecified atom stereocenters. The van der Waals surface area contributed by atoms with E-state index in [-0.39, 0.29) is 5.91 Å². The Labute approximate surface area is 142 Å². The van der Waals surface area contributed by atoms with Crippen LogP contribution in [-0.4, -0.2) is 10.2 Å². The standard InChI is InChI=1S/C16H12ClNO2S2/c1-2-9-7-12(10-4-3-5-11(17)6-10)20-13(9)8-14-15(19)18-16(21)22-14/h3-8H,2H2,1H3,(H,18,19,21)/b14-8-. The maximum absolute atomic E-state index is 11.8. The molecule has 1 aliphatic heterocycles. The lowest BCUT2D eigenvalue weighted by Crippen LogP contribution is -2.17. The van der Waals surface area contributed by atoms with Crippen molar-refractivity contribution >= 4 is 51.9 Å². The molecule has 22 heavy (non-hydrogen) atoms. The third-order valence-corrected chi connectivity index (χ3v) is 4.63. The molecule has 3 rings (SSSR count). The predicted octanol–water partition coefficient (Wildman–Crippen LogP) is 4.65. The molecule has 1 fully saturated rings. The maximum atomic E-state index is 11.8. The number of nitrogens with one attached hydrogen (secondary N) is 1. The van der Waals surface area contributed by atoms with Crippen LogP contribution in [0, 0.1) is 0 Å². The summed E-state index contributed by atoms with van der Waals surface area (Å²) in [5.41, 5.74) is 1.94. The van der Waals surface area contributed by atoms with Gasteiger partial charge in [0.25, 0.3) is 5.91 Å². The van der Waals surface area contributed by atoms with Crippen molar-refractivity contribution in [2.45, 2.75) is 13.3 Å². The van der Waals surface area contributed by atoms with Gasteiger partial charge in [-0.15, -0.1) is 0 Å². The van der Waals surface area contributed by atoms with Gasteiger partial charge < -0.3 is 9.73 Å². The summed E-state index contributed by atoms with van der Waals surface area (Å²) in [6, 6.07) is 9.46. The van der Waals surface area contributed by atoms with Crippen LogP contribution in [0.1, 0.15) is 18.2 Å². The number of carbonyl (C=O) groups is 1. The van der Waals surface area contributed by atoms with E-state index in [1.807, 2.05) is 37.3 Å². The molecule has 1 amide bonds. The third kappa shape index (κ3) is 3.11. The van der Waals surface area contributed by atoms with Crippen LogP contribution >= 0.6 is 35.6 Å². The summed E-state index contributed by atoms with van der Waals surface area (Å²) in [6.45, 7) is 2.04. The van der Waals surface area contributed by atoms with Crippen molar-refractivity contribution in [1.82, 2.24) is 5.32 Å². The average Bonchev–Trinajstić information content (AvgIpc) is 3.03. The van der Waals surface area contributed by atoms with Crippen molar-refractivity contribution in [1.29, 1.82) is 0 Å². The molecule has 1 aliphatic rings. The van der Waals surface area contributed by atoms with Crippen molar-refractivity contribution < 1.29 is 9.21 Å². The Kier molecular flexibility index (Phi) is 4.38. The SMILES string of the molecule is CCc1cc(-c2cccc(Cl)c2)oc1/C=C1\SC(=S)NC1=O. The molecule has 0 radical (unpaired) electrons. The van der Waals surface area contributed by atoms with Gasteiger partial charge in [-0.05, 0) is 30.2 Å². The lowest BCUT2D eigenvalue weighted by molar-refractivity contribution is -0.115. The van der Waals surface area contributed by atoms with E-state index in [1.165, 1.54) is 11.8 Å². The van der Waals surface area contributed by atoms with Crippen LogP contribution in [-0.2, 0) is 11.2 Å². The number of hydrogen-bond acceptors (Lipinski definition) is 4. The molecular formula is C16H12ClNO2S2. The van der Waals surface area contributed by atoms with Gasteiger partial charge in [-0.3, -0.25) is 4.79 Å². The van der Waals surface area contributed by atoms with Crippen molar-refractivity contribution in [2.75, 3.05) is 0 Å². The number of rotatable bonds is 3. The topological polar surface area (TPSA) is 42.2 Å². The van der Waals surface area contributed by atoms with Gasteiger partial charge in [0.15, 0.2) is 0 Å². The highest BCUT2D eigenvalue weighted by Gasteiger charge is 2.23. The second-order valence-corrected chi connectivity index (χ2v) is 6.87. The van der Waals surface area contributed by atoms with Crippen molar-refractivity contribution in [3.05, 3.63) is 51.6 Å². The number of thioether (sulfide) groups is 1. The van der Waals surface area contributed by atoms with E-state index in [0.717, 1.165) is 23.3 Å². The van der Waals surface area contributed by atoms with Crippen LogP contribution in [0.5, 0.6) is 0 Å². The summed E-state index contributed by atoms with van der Waals surface area (Å²) in [7, 11) is 0. The van der Waals surface area contributed by atoms with Crippen LogP contribution in [0.15, 0.2) is 39.7 Å². The fraction of sp³-hybridized carbons (Fsp3) is 0.125. The summed E-state index contributed by atoms with van der Waals surface area (Å²) in [6.07, 6.45) is 2.55. The zero-order valence-corrected chi connectivity index (χ0v) is 14.1. The number of furan rings is 1. The molecule has 0 bridgehead atoms. The van der Waals surface area contributed by atoms with Crippen molar-refractivity contribution in [3.8, 4) is 11.3 Å². The number of halogens is 1. The zero-order valence-electron chi connectivity index (χ0n) is 11.7. The minimum absolute atomic E-state index is 0.183. The average molecular weight is 350 g/mol. The number of carbonyl (C=O) groups excluding carboxylic acids is 1. The van der Waals surface area contributed by atoms with E-state index in [0.29, 0.717) is 20.0 Å². The fourth-order valence-corrected chi connectivity index (χ4v) is 3.37. The van der Waals surface area contributed by atoms with Crippen molar-refractivity contribution in [2.24, 2.45) is 0 Å². The van der Waals surface area contributed by atoms with E-state index < -0.39 is 0 Å². The first-order valence-electron chi connectivity index (χ1n) is 6.70. The first-order valence-corrected chi connectivity index (χ1v) is 8.30. The smallest absolute Gasteiger partial charge is 0.263 e. The molecule has 112 valence electrons. The van der Waals surface area contributed by atoms with Crippen molar-refractivity contribution in [3.63, 3.8) is 0 Å². The number of hydrogen-bond donors (Lipinski definition) is 1. The molecule has 0 saturated carbocycles. The van der Waals surface area contributed by atoms with E-state index in [1.54, 1.807) is 6.08 Å². The van der Waals surface area contributed by atoms with Gasteiger partial charge in [0.1, 0.15) is 15.8 Å². The quantitative estimate of drug-likeness (QED) is 0.647. The van der Waals surface area contributed by atoms with Gasteiger partial charge in [0.2, 0.25) is 0 Å². The summed E-state index contributed by atoms with van der Waals surface area (Å²) >= 11 is 12.3. The molecule has 1 N–H and O–H groups in total. The highest BCUT2D eigenvalue weighted by Crippen LogP contribution is 2.32. The highest BCUT2D eigenvalue weighted by atomic mass is 35.5. The molecule has 0 spiro atoms. The van der Waals surface area contributed by atoms with Crippen LogP contribution in [0.25, 0.3) is 17.4 Å². The summed E-state index contributed by atoms with van der Waals surface area (Å²) in [4.78, 5) is 12.3. The lowest BCUT2D eigenvalue weighted by Gasteiger charge is -1.97. The number of thiocarbonyl (C=S) groups is 1. The van der Waals surface area contributed by atoms with E-state index in [2.05, 4.69) is 5.32 Å². The molecule has 0 atom stereocenters. The summed E-state index contributed by atoms with van der Waals surface area (Å²) in [5, 5.41) is 3.25. The van der Waals surface area contributed by atoms with Crippen LogP contribution in [0.4, 0.5) is 0 Å². The largest absolute Gasteiger partial charge is 0.456 e. The molecule has 6 heteroatoms. The minimum Gasteiger partial charge on any atom is -0.456 e. The Hall–Kier alpha value is -1.56. The second-order valence-electron chi connectivity index (χ2n) is 4.72. The molecule has 3 nitrogen and oxygen atoms in total. The Bertz CT molecular complexity index is 795. The number of amides is 1. The first-order chi connectivity index (χ1) is 10.6. The summed E-state index contributed by atoms with van der Waals surface area (Å²) < 4.78 is 6.39. The highest BCUT2D eigenvalue weighted by molar-refractivity contribution is 8.26. The Balaban J connectivity index is 2.01. The first kappa shape index (κ1) is 15.3. The molecule has 2 aromatic rings. The van der Waals surface area contributed by atoms with Gasteiger partial charge >= 0.3 is 0 Å². The fourth-order valence-electron chi connectivity index (χ4n) is 2.17. The lowest BCUT2D eigenvalue weighted by atomic mass is 10.1. The third-order valence-electron chi connectivity index (χ3n) is 3.24.